The van der Waals surface area contributed by atoms with Crippen molar-refractivity contribution in [2.24, 2.45) is 0 Å². The molecule has 0 N–H and O–H groups in total. The van der Waals surface area contributed by atoms with Gasteiger partial charge in [-0.15, -0.1) is 0 Å². The number of esters is 1. The van der Waals surface area contributed by atoms with Gasteiger partial charge in [0, 0.05) is 13.1 Å². The predicted molar refractivity (Wildman–Crippen MR) is 100 cm³/mol. The topological polar surface area (TPSA) is 97.1 Å². The summed E-state index contributed by atoms with van der Waals surface area (Å²) in [5, 5.41) is 0. The van der Waals surface area contributed by atoms with Crippen LogP contribution >= 0.6 is 0 Å². The first-order valence-corrected chi connectivity index (χ1v) is 10.3. The summed E-state index contributed by atoms with van der Waals surface area (Å²) in [6.07, 6.45) is 1.66. The lowest BCUT2D eigenvalue weighted by Crippen LogP contribution is -2.44. The number of hydrogen-bond donors (Lipinski definition) is 0. The maximum Gasteiger partial charge on any atom is 0.373 e. The third-order valence-corrected chi connectivity index (χ3v) is 6.28. The van der Waals surface area contributed by atoms with Gasteiger partial charge in [-0.1, -0.05) is 17.7 Å². The van der Waals surface area contributed by atoms with Crippen molar-refractivity contribution < 1.29 is 27.2 Å². The Morgan fingerprint density at radius 1 is 1.11 bits per heavy atom. The average Bonchev–Trinajstić information content (AvgIpc) is 3.37. The van der Waals surface area contributed by atoms with E-state index in [1.165, 1.54) is 36.3 Å². The van der Waals surface area contributed by atoms with E-state index in [2.05, 4.69) is 4.74 Å². The molecular formula is C19H22N2O6S. The minimum atomic E-state index is -4.10. The number of urea groups is 1. The summed E-state index contributed by atoms with van der Waals surface area (Å²) < 4.78 is 37.1. The lowest BCUT2D eigenvalue weighted by atomic mass is 10.2. The molecule has 1 saturated heterocycles. The number of hydrogen-bond acceptors (Lipinski definition) is 6. The summed E-state index contributed by atoms with van der Waals surface area (Å²) in [5.41, 5.74) is 0.908. The van der Waals surface area contributed by atoms with Gasteiger partial charge in [-0.05, 0) is 44.0 Å². The van der Waals surface area contributed by atoms with E-state index in [4.69, 9.17) is 4.42 Å². The van der Waals surface area contributed by atoms with Crippen molar-refractivity contribution >= 4 is 22.0 Å². The van der Waals surface area contributed by atoms with Crippen LogP contribution < -0.4 is 0 Å². The van der Waals surface area contributed by atoms with E-state index in [0.29, 0.717) is 13.1 Å². The monoisotopic (exact) mass is 406 g/mol. The fraction of sp³-hybridized carbons (Fsp3) is 0.368. The van der Waals surface area contributed by atoms with Crippen molar-refractivity contribution in [3.63, 3.8) is 0 Å². The molecule has 9 heteroatoms. The summed E-state index contributed by atoms with van der Waals surface area (Å²) in [6, 6.07) is 8.53. The van der Waals surface area contributed by atoms with Crippen molar-refractivity contribution in [3.05, 3.63) is 53.5 Å². The summed E-state index contributed by atoms with van der Waals surface area (Å²) >= 11 is 0. The summed E-state index contributed by atoms with van der Waals surface area (Å²) in [5.74, 6) is -0.562. The first-order chi connectivity index (χ1) is 13.3. The van der Waals surface area contributed by atoms with Gasteiger partial charge in [0.25, 0.3) is 10.0 Å². The Bertz CT molecular complexity index is 959. The maximum atomic E-state index is 13.2. The SMILES string of the molecule is COC(=O)c1ccc(CN(C(=O)N2CCCC2)S(=O)(=O)c2ccc(C)cc2)o1. The molecule has 0 bridgehead atoms. The summed E-state index contributed by atoms with van der Waals surface area (Å²) in [6.45, 7) is 2.54. The zero-order chi connectivity index (χ0) is 20.3. The Morgan fingerprint density at radius 3 is 2.36 bits per heavy atom. The van der Waals surface area contributed by atoms with E-state index in [1.54, 1.807) is 12.1 Å². The van der Waals surface area contributed by atoms with Gasteiger partial charge in [0.15, 0.2) is 0 Å². The number of benzene rings is 1. The van der Waals surface area contributed by atoms with Gasteiger partial charge in [0.05, 0.1) is 18.6 Å². The lowest BCUT2D eigenvalue weighted by molar-refractivity contribution is 0.0562. The van der Waals surface area contributed by atoms with E-state index in [0.717, 1.165) is 22.7 Å². The average molecular weight is 406 g/mol. The molecule has 1 aromatic carbocycles. The molecule has 2 amide bonds. The molecule has 1 aliphatic heterocycles. The second-order valence-electron chi connectivity index (χ2n) is 6.56. The number of amides is 2. The minimum absolute atomic E-state index is 0.0189. The molecule has 150 valence electrons. The van der Waals surface area contributed by atoms with Gasteiger partial charge in [0.2, 0.25) is 5.76 Å². The highest BCUT2D eigenvalue weighted by Gasteiger charge is 2.34. The number of sulfonamides is 1. The predicted octanol–water partition coefficient (Wildman–Crippen LogP) is 2.78. The van der Waals surface area contributed by atoms with E-state index in [-0.39, 0.29) is 23.0 Å². The highest BCUT2D eigenvalue weighted by molar-refractivity contribution is 7.89. The van der Waals surface area contributed by atoms with Crippen molar-refractivity contribution in [3.8, 4) is 0 Å². The molecule has 1 aromatic heterocycles. The molecule has 28 heavy (non-hydrogen) atoms. The number of likely N-dealkylation sites (tertiary alicyclic amines) is 1. The lowest BCUT2D eigenvalue weighted by Gasteiger charge is -2.26. The first-order valence-electron chi connectivity index (χ1n) is 8.88. The van der Waals surface area contributed by atoms with Crippen LogP contribution in [0.2, 0.25) is 0 Å². The zero-order valence-corrected chi connectivity index (χ0v) is 16.6. The van der Waals surface area contributed by atoms with E-state index < -0.39 is 22.0 Å². The normalized spacial score (nSPS) is 14.1. The van der Waals surface area contributed by atoms with Crippen LogP contribution in [0.4, 0.5) is 4.79 Å². The van der Waals surface area contributed by atoms with Crippen molar-refractivity contribution in [1.29, 1.82) is 0 Å². The summed E-state index contributed by atoms with van der Waals surface area (Å²) in [7, 11) is -2.89. The molecule has 1 fully saturated rings. The van der Waals surface area contributed by atoms with Crippen LogP contribution in [0.1, 0.15) is 34.7 Å². The number of ether oxygens (including phenoxy) is 1. The fourth-order valence-corrected chi connectivity index (χ4v) is 4.33. The number of aryl methyl sites for hydroxylation is 1. The molecule has 8 nitrogen and oxygen atoms in total. The molecule has 0 atom stereocenters. The Kier molecular flexibility index (Phi) is 5.73. The maximum absolute atomic E-state index is 13.2. The molecule has 0 unspecified atom stereocenters. The number of furan rings is 1. The van der Waals surface area contributed by atoms with Crippen molar-refractivity contribution in [2.75, 3.05) is 20.2 Å². The molecule has 2 aromatic rings. The molecule has 1 aliphatic rings. The third kappa shape index (κ3) is 4.04. The largest absolute Gasteiger partial charge is 0.463 e. The highest BCUT2D eigenvalue weighted by Crippen LogP contribution is 2.23. The standard InChI is InChI=1S/C19H22N2O6S/c1-14-5-8-16(9-6-14)28(24,25)21(19(23)20-11-3-4-12-20)13-15-7-10-17(27-15)18(22)26-2/h5-10H,3-4,11-13H2,1-2H3. The molecule has 0 aliphatic carbocycles. The Balaban J connectivity index is 1.94. The second kappa shape index (κ2) is 8.05. The Labute approximate surface area is 163 Å². The van der Waals surface area contributed by atoms with Gasteiger partial charge in [-0.3, -0.25) is 0 Å². The van der Waals surface area contributed by atoms with Gasteiger partial charge in [-0.25, -0.2) is 22.3 Å². The minimum Gasteiger partial charge on any atom is -0.463 e. The van der Waals surface area contributed by atoms with Gasteiger partial charge in [0.1, 0.15) is 5.76 Å². The molecule has 2 heterocycles. The molecule has 0 radical (unpaired) electrons. The molecule has 3 rings (SSSR count). The van der Waals surface area contributed by atoms with E-state index >= 15 is 0 Å². The second-order valence-corrected chi connectivity index (χ2v) is 8.42. The Hall–Kier alpha value is -2.81. The van der Waals surface area contributed by atoms with Crippen LogP contribution in [0.5, 0.6) is 0 Å². The Morgan fingerprint density at radius 2 is 1.75 bits per heavy atom. The number of rotatable bonds is 5. The van der Waals surface area contributed by atoms with Crippen LogP contribution in [-0.4, -0.2) is 49.8 Å². The van der Waals surface area contributed by atoms with Gasteiger partial charge in [-0.2, -0.15) is 0 Å². The number of carbonyl (C=O) groups excluding carboxylic acids is 2. The van der Waals surface area contributed by atoms with E-state index in [1.807, 2.05) is 6.92 Å². The first kappa shape index (κ1) is 19.9. The zero-order valence-electron chi connectivity index (χ0n) is 15.8. The van der Waals surface area contributed by atoms with Gasteiger partial charge < -0.3 is 14.1 Å². The van der Waals surface area contributed by atoms with Crippen LogP contribution in [0.3, 0.4) is 0 Å². The highest BCUT2D eigenvalue weighted by atomic mass is 32.2. The fourth-order valence-electron chi connectivity index (χ4n) is 2.97. The van der Waals surface area contributed by atoms with Crippen LogP contribution in [0, 0.1) is 6.92 Å². The molecule has 0 saturated carbocycles. The smallest absolute Gasteiger partial charge is 0.373 e. The van der Waals surface area contributed by atoms with E-state index in [9.17, 15) is 18.0 Å². The summed E-state index contributed by atoms with van der Waals surface area (Å²) in [4.78, 5) is 26.1. The number of methoxy groups -OCH3 is 1. The van der Waals surface area contributed by atoms with Crippen molar-refractivity contribution in [2.45, 2.75) is 31.2 Å². The quantitative estimate of drug-likeness (QED) is 0.709. The molecule has 0 spiro atoms. The number of nitrogens with zero attached hydrogens (tertiary/aromatic N) is 2. The van der Waals surface area contributed by atoms with Crippen LogP contribution in [0.25, 0.3) is 0 Å². The third-order valence-electron chi connectivity index (χ3n) is 4.55. The number of carbonyl (C=O) groups is 2. The van der Waals surface area contributed by atoms with Gasteiger partial charge >= 0.3 is 12.0 Å². The molecular weight excluding hydrogens is 384 g/mol. The van der Waals surface area contributed by atoms with Crippen LogP contribution in [0.15, 0.2) is 45.7 Å². The van der Waals surface area contributed by atoms with Crippen LogP contribution in [-0.2, 0) is 21.3 Å². The van der Waals surface area contributed by atoms with Crippen molar-refractivity contribution in [1.82, 2.24) is 9.21 Å².